The zero-order chi connectivity index (χ0) is 28.0. The second-order valence-corrected chi connectivity index (χ2v) is 11.1. The molecule has 8 nitrogen and oxygen atoms in total. The maximum atomic E-state index is 13.6. The van der Waals surface area contributed by atoms with Gasteiger partial charge in [0.05, 0.1) is 11.9 Å². The highest BCUT2D eigenvalue weighted by atomic mass is 19.4. The van der Waals surface area contributed by atoms with E-state index in [-0.39, 0.29) is 40.5 Å². The first-order chi connectivity index (χ1) is 18.4. The molecule has 2 aromatic heterocycles. The Morgan fingerprint density at radius 2 is 1.90 bits per heavy atom. The average molecular weight is 541 g/mol. The number of amides is 1. The fourth-order valence-corrected chi connectivity index (χ4v) is 4.84. The van der Waals surface area contributed by atoms with E-state index in [1.54, 1.807) is 11.4 Å². The smallest absolute Gasteiger partial charge is 0.350 e. The topological polar surface area (TPSA) is 108 Å². The minimum atomic E-state index is -4.48. The van der Waals surface area contributed by atoms with Gasteiger partial charge in [-0.15, -0.1) is 0 Å². The van der Waals surface area contributed by atoms with Crippen LogP contribution in [0.5, 0.6) is 0 Å². The number of benzene rings is 1. The lowest BCUT2D eigenvalue weighted by atomic mass is 9.88. The van der Waals surface area contributed by atoms with Gasteiger partial charge in [0.1, 0.15) is 16.7 Å². The van der Waals surface area contributed by atoms with Gasteiger partial charge in [-0.2, -0.15) is 18.2 Å². The van der Waals surface area contributed by atoms with Crippen LogP contribution in [-0.4, -0.2) is 39.6 Å². The summed E-state index contributed by atoms with van der Waals surface area (Å²) in [6, 6.07) is 9.07. The van der Waals surface area contributed by atoms with E-state index in [1.165, 1.54) is 29.6 Å². The molecule has 1 amide bonds. The van der Waals surface area contributed by atoms with Crippen LogP contribution in [0, 0.1) is 0 Å². The zero-order valence-electron chi connectivity index (χ0n) is 22.4. The van der Waals surface area contributed by atoms with Crippen LogP contribution in [-0.2, 0) is 17.4 Å². The third-order valence-electron chi connectivity index (χ3n) is 7.40. The van der Waals surface area contributed by atoms with Crippen molar-refractivity contribution in [1.29, 1.82) is 0 Å². The molecule has 1 aliphatic carbocycles. The molecule has 5 N–H and O–H groups in total. The fraction of sp³-hybridized carbons (Fsp3) is 0.429. The predicted molar refractivity (Wildman–Crippen MR) is 142 cm³/mol. The number of anilines is 2. The molecule has 2 aliphatic rings. The van der Waals surface area contributed by atoms with Crippen molar-refractivity contribution in [2.45, 2.75) is 70.1 Å². The number of hydrogen-bond acceptors (Lipinski definition) is 6. The van der Waals surface area contributed by atoms with E-state index in [0.717, 1.165) is 45.3 Å². The van der Waals surface area contributed by atoms with Gasteiger partial charge in [-0.1, -0.05) is 6.07 Å². The van der Waals surface area contributed by atoms with Gasteiger partial charge < -0.3 is 16.0 Å². The Labute approximate surface area is 225 Å². The number of nitrogens with two attached hydrogens (primary N) is 1. The molecule has 1 saturated carbocycles. The Bertz CT molecular complexity index is 1400. The number of pyridine rings is 1. The molecular weight excluding hydrogens is 507 g/mol. The van der Waals surface area contributed by atoms with Crippen LogP contribution in [0.4, 0.5) is 36.3 Å². The highest BCUT2D eigenvalue weighted by molar-refractivity contribution is 5.97. The molecule has 11 heteroatoms. The number of aromatic nitrogens is 3. The van der Waals surface area contributed by atoms with Crippen molar-refractivity contribution in [3.63, 3.8) is 0 Å². The molecule has 0 bridgehead atoms. The highest BCUT2D eigenvalue weighted by Gasteiger charge is 2.50. The van der Waals surface area contributed by atoms with E-state index >= 15 is 0 Å². The number of fused-ring (bicyclic) bond motifs is 2. The minimum absolute atomic E-state index is 0.122. The highest BCUT2D eigenvalue weighted by Crippen LogP contribution is 2.49. The molecule has 0 atom stereocenters. The molecule has 0 saturated heterocycles. The van der Waals surface area contributed by atoms with E-state index in [9.17, 15) is 18.0 Å². The van der Waals surface area contributed by atoms with Crippen LogP contribution in [0.2, 0.25) is 0 Å². The second kappa shape index (κ2) is 9.87. The molecule has 3 heterocycles. The standard InChI is InChI=1S/C28H32F3N7O/c1-16(2)35-24(39)20-15-33-25(37-18-5-6-21-17(13-18)7-12-34-27(21)9-10-27)38-23(20)36-19-8-11-32-22(14-19)26(3,4)28(29,30)31/h5-6,8,11,13-16,34H,7,9-10,12H2,1-4H3,(H,35,39)(H2,32,33,36,37,38)/p+1. The lowest BCUT2D eigenvalue weighted by Crippen LogP contribution is -2.72. The summed E-state index contributed by atoms with van der Waals surface area (Å²) in [6.45, 7) is 6.79. The predicted octanol–water partition coefficient (Wildman–Crippen LogP) is 4.25. The molecule has 5 rings (SSSR count). The van der Waals surface area contributed by atoms with Gasteiger partial charge in [0.25, 0.3) is 5.91 Å². The van der Waals surface area contributed by atoms with Crippen molar-refractivity contribution in [3.05, 3.63) is 65.1 Å². The van der Waals surface area contributed by atoms with E-state index in [1.807, 2.05) is 19.9 Å². The summed E-state index contributed by atoms with van der Waals surface area (Å²) in [6.07, 6.45) is 1.51. The number of quaternary nitrogens is 1. The van der Waals surface area contributed by atoms with Crippen LogP contribution >= 0.6 is 0 Å². The average Bonchev–Trinajstić information content (AvgIpc) is 3.63. The molecule has 3 aromatic rings. The van der Waals surface area contributed by atoms with Gasteiger partial charge >= 0.3 is 6.18 Å². The van der Waals surface area contributed by atoms with Crippen LogP contribution in [0.3, 0.4) is 0 Å². The Balaban J connectivity index is 1.45. The van der Waals surface area contributed by atoms with Gasteiger partial charge in [-0.05, 0) is 70.2 Å². The maximum Gasteiger partial charge on any atom is 0.399 e. The molecule has 206 valence electrons. The first kappa shape index (κ1) is 27.0. The number of alkyl halides is 3. The minimum Gasteiger partial charge on any atom is -0.350 e. The van der Waals surface area contributed by atoms with E-state index < -0.39 is 11.6 Å². The van der Waals surface area contributed by atoms with E-state index in [0.29, 0.717) is 5.69 Å². The number of nitrogens with zero attached hydrogens (tertiary/aromatic N) is 3. The molecular formula is C28H33F3N7O+. The monoisotopic (exact) mass is 540 g/mol. The fourth-order valence-electron chi connectivity index (χ4n) is 4.84. The maximum absolute atomic E-state index is 13.6. The second-order valence-electron chi connectivity index (χ2n) is 11.1. The zero-order valence-corrected chi connectivity index (χ0v) is 22.4. The third kappa shape index (κ3) is 5.46. The number of halogens is 3. The Kier molecular flexibility index (Phi) is 6.84. The summed E-state index contributed by atoms with van der Waals surface area (Å²) in [5.74, 6) is 0.192. The number of nitrogens with one attached hydrogen (secondary N) is 3. The van der Waals surface area contributed by atoms with Gasteiger partial charge in [0, 0.05) is 42.1 Å². The summed E-state index contributed by atoms with van der Waals surface area (Å²) >= 11 is 0. The normalized spacial score (nSPS) is 16.2. The van der Waals surface area contributed by atoms with Gasteiger partial charge in [0.15, 0.2) is 0 Å². The lowest BCUT2D eigenvalue weighted by molar-refractivity contribution is -0.483. The van der Waals surface area contributed by atoms with Crippen LogP contribution in [0.25, 0.3) is 0 Å². The largest absolute Gasteiger partial charge is 0.399 e. The van der Waals surface area contributed by atoms with Crippen molar-refractivity contribution < 1.29 is 23.3 Å². The van der Waals surface area contributed by atoms with Crippen LogP contribution < -0.4 is 21.3 Å². The van der Waals surface area contributed by atoms with Gasteiger partial charge in [-0.25, -0.2) is 4.98 Å². The quantitative estimate of drug-likeness (QED) is 0.357. The van der Waals surface area contributed by atoms with Crippen molar-refractivity contribution in [2.24, 2.45) is 0 Å². The molecule has 1 aromatic carbocycles. The molecule has 1 spiro atoms. The third-order valence-corrected chi connectivity index (χ3v) is 7.40. The molecule has 1 aliphatic heterocycles. The molecule has 39 heavy (non-hydrogen) atoms. The number of carbonyl (C=O) groups is 1. The SMILES string of the molecule is CC(C)NC(=O)c1cnc(Nc2ccc3c(c2)CCNC32CC2)nc1[NH2+]c1ccnc(C(C)(C)C(F)(F)F)c1. The first-order valence-electron chi connectivity index (χ1n) is 13.1. The molecule has 0 unspecified atom stereocenters. The summed E-state index contributed by atoms with van der Waals surface area (Å²) in [7, 11) is 0. The van der Waals surface area contributed by atoms with Crippen molar-refractivity contribution in [2.75, 3.05) is 11.9 Å². The molecule has 1 fully saturated rings. The van der Waals surface area contributed by atoms with E-state index in [4.69, 9.17) is 0 Å². The molecule has 0 radical (unpaired) electrons. The number of rotatable bonds is 7. The van der Waals surface area contributed by atoms with Crippen molar-refractivity contribution >= 4 is 29.0 Å². The number of carbonyl (C=O) groups excluding carboxylic acids is 1. The van der Waals surface area contributed by atoms with Crippen molar-refractivity contribution in [1.82, 2.24) is 25.6 Å². The summed E-state index contributed by atoms with van der Waals surface area (Å²) < 4.78 is 40.9. The van der Waals surface area contributed by atoms with E-state index in [2.05, 4.69) is 43.0 Å². The Hall–Kier alpha value is -3.57. The first-order valence-corrected chi connectivity index (χ1v) is 13.1. The van der Waals surface area contributed by atoms with Crippen LogP contribution in [0.15, 0.2) is 42.7 Å². The lowest BCUT2D eigenvalue weighted by Gasteiger charge is -2.27. The van der Waals surface area contributed by atoms with Gasteiger partial charge in [-0.3, -0.25) is 15.1 Å². The van der Waals surface area contributed by atoms with Gasteiger partial charge in [0.2, 0.25) is 11.8 Å². The Morgan fingerprint density at radius 1 is 1.13 bits per heavy atom. The van der Waals surface area contributed by atoms with Crippen molar-refractivity contribution in [3.8, 4) is 0 Å². The summed E-state index contributed by atoms with van der Waals surface area (Å²) in [5.41, 5.74) is 1.97. The summed E-state index contributed by atoms with van der Waals surface area (Å²) in [5, 5.41) is 11.3. The van der Waals surface area contributed by atoms with Crippen LogP contribution in [0.1, 0.15) is 67.7 Å². The summed E-state index contributed by atoms with van der Waals surface area (Å²) in [4.78, 5) is 25.9. The Morgan fingerprint density at radius 3 is 2.59 bits per heavy atom. The number of hydrogen-bond donors (Lipinski definition) is 4.